The number of hydrogen-bond donors (Lipinski definition) is 4. The molecule has 33 heavy (non-hydrogen) atoms. The predicted octanol–water partition coefficient (Wildman–Crippen LogP) is 3.49. The van der Waals surface area contributed by atoms with E-state index in [0.717, 1.165) is 49.2 Å². The summed E-state index contributed by atoms with van der Waals surface area (Å²) in [6, 6.07) is 16.0. The zero-order valence-electron chi connectivity index (χ0n) is 18.1. The number of nitrogens with one attached hydrogen (secondary N) is 2. The number of aromatic amines is 1. The number of carbonyl (C=O) groups excluding carboxylic acids is 1. The molecule has 7 rings (SSSR count). The summed E-state index contributed by atoms with van der Waals surface area (Å²) in [6.45, 7) is 2.20. The average molecular weight is 441 g/mol. The molecule has 0 radical (unpaired) electrons. The molecule has 2 aliphatic heterocycles. The number of benzene rings is 3. The minimum absolute atomic E-state index is 0.0753. The first-order chi connectivity index (χ1) is 16.0. The van der Waals surface area contributed by atoms with Crippen LogP contribution in [0.5, 0.6) is 0 Å². The summed E-state index contributed by atoms with van der Waals surface area (Å²) in [5, 5.41) is 28.5. The lowest BCUT2D eigenvalue weighted by atomic mass is 9.91. The van der Waals surface area contributed by atoms with Crippen LogP contribution in [-0.4, -0.2) is 44.5 Å². The van der Waals surface area contributed by atoms with E-state index in [4.69, 9.17) is 4.74 Å². The van der Waals surface area contributed by atoms with Gasteiger partial charge >= 0.3 is 0 Å². The van der Waals surface area contributed by atoms with E-state index in [1.807, 2.05) is 60.0 Å². The second-order valence-corrected chi connectivity index (χ2v) is 9.30. The van der Waals surface area contributed by atoms with Crippen LogP contribution in [0.2, 0.25) is 0 Å². The molecular weight excluding hydrogens is 418 g/mol. The molecule has 2 aromatic heterocycles. The van der Waals surface area contributed by atoms with Crippen molar-refractivity contribution in [2.45, 2.75) is 31.2 Å². The Labute approximate surface area is 188 Å². The molecule has 2 atom stereocenters. The number of aliphatic hydroxyl groups is 2. The molecule has 0 spiro atoms. The maximum Gasteiger partial charge on any atom is 0.252 e. The number of nitrogens with zero attached hydrogens (tertiary/aromatic N) is 1. The van der Waals surface area contributed by atoms with Gasteiger partial charge in [0.2, 0.25) is 0 Å². The van der Waals surface area contributed by atoms with Crippen LogP contribution in [-0.2, 0) is 17.0 Å². The lowest BCUT2D eigenvalue weighted by Gasteiger charge is -2.39. The maximum atomic E-state index is 13.0. The average Bonchev–Trinajstić information content (AvgIpc) is 3.55. The normalized spacial score (nSPS) is 25.0. The maximum absolute atomic E-state index is 13.0. The SMILES string of the molecule is C[C@@]1(n2c3ccccc3c3c4c(c5c6ccccc6[nH]c5c32)C(=O)NC4)OCC[C@]1(O)CO. The number of H-pyrrole nitrogens is 1. The number of fused-ring (bicyclic) bond motifs is 10. The van der Waals surface area contributed by atoms with Crippen molar-refractivity contribution in [3.8, 4) is 0 Å². The predicted molar refractivity (Wildman–Crippen MR) is 126 cm³/mol. The van der Waals surface area contributed by atoms with Gasteiger partial charge in [-0.15, -0.1) is 0 Å². The first kappa shape index (κ1) is 19.1. The van der Waals surface area contributed by atoms with E-state index in [1.165, 1.54) is 0 Å². The van der Waals surface area contributed by atoms with Crippen molar-refractivity contribution in [1.82, 2.24) is 14.9 Å². The number of aliphatic hydroxyl groups excluding tert-OH is 1. The summed E-state index contributed by atoms with van der Waals surface area (Å²) in [5.41, 5.74) is 2.53. The number of hydrogen-bond acceptors (Lipinski definition) is 4. The van der Waals surface area contributed by atoms with Crippen molar-refractivity contribution in [2.75, 3.05) is 13.2 Å². The van der Waals surface area contributed by atoms with Gasteiger partial charge in [0.15, 0.2) is 5.72 Å². The molecule has 4 heterocycles. The molecule has 1 amide bonds. The van der Waals surface area contributed by atoms with Crippen LogP contribution in [0.15, 0.2) is 48.5 Å². The van der Waals surface area contributed by atoms with Crippen LogP contribution in [0.25, 0.3) is 43.6 Å². The summed E-state index contributed by atoms with van der Waals surface area (Å²) in [6.07, 6.45) is 0.328. The number of rotatable bonds is 2. The molecule has 7 heteroatoms. The minimum Gasteiger partial charge on any atom is -0.393 e. The summed E-state index contributed by atoms with van der Waals surface area (Å²) >= 11 is 0. The Balaban J connectivity index is 1.79. The summed E-state index contributed by atoms with van der Waals surface area (Å²) < 4.78 is 8.26. The molecule has 0 bridgehead atoms. The number of ether oxygens (including phenoxy) is 1. The van der Waals surface area contributed by atoms with E-state index in [-0.39, 0.29) is 5.91 Å². The van der Waals surface area contributed by atoms with Crippen LogP contribution in [0, 0.1) is 0 Å². The molecule has 0 saturated carbocycles. The lowest BCUT2D eigenvalue weighted by molar-refractivity contribution is -0.174. The molecule has 0 unspecified atom stereocenters. The third kappa shape index (κ3) is 2.13. The van der Waals surface area contributed by atoms with E-state index < -0.39 is 17.9 Å². The molecule has 7 nitrogen and oxygen atoms in total. The smallest absolute Gasteiger partial charge is 0.252 e. The Morgan fingerprint density at radius 2 is 1.85 bits per heavy atom. The molecule has 3 aromatic carbocycles. The first-order valence-corrected chi connectivity index (χ1v) is 11.2. The van der Waals surface area contributed by atoms with Gasteiger partial charge in [0, 0.05) is 40.0 Å². The fraction of sp³-hybridized carbons (Fsp3) is 0.269. The fourth-order valence-corrected chi connectivity index (χ4v) is 6.05. The van der Waals surface area contributed by atoms with E-state index in [9.17, 15) is 15.0 Å². The molecule has 166 valence electrons. The fourth-order valence-electron chi connectivity index (χ4n) is 6.05. The van der Waals surface area contributed by atoms with Crippen molar-refractivity contribution in [1.29, 1.82) is 0 Å². The molecule has 5 aromatic rings. The van der Waals surface area contributed by atoms with Crippen molar-refractivity contribution >= 4 is 49.5 Å². The van der Waals surface area contributed by atoms with Gasteiger partial charge in [-0.3, -0.25) is 4.79 Å². The van der Waals surface area contributed by atoms with Crippen LogP contribution >= 0.6 is 0 Å². The molecule has 0 aliphatic carbocycles. The minimum atomic E-state index is -1.45. The Bertz CT molecular complexity index is 1650. The molecule has 1 fully saturated rings. The van der Waals surface area contributed by atoms with Gasteiger partial charge in [-0.05, 0) is 24.6 Å². The second-order valence-electron chi connectivity index (χ2n) is 9.30. The van der Waals surface area contributed by atoms with E-state index in [2.05, 4.69) is 10.3 Å². The van der Waals surface area contributed by atoms with Crippen LogP contribution in [0.3, 0.4) is 0 Å². The molecule has 4 N–H and O–H groups in total. The van der Waals surface area contributed by atoms with Gasteiger partial charge < -0.3 is 29.8 Å². The second kappa shape index (κ2) is 6.14. The summed E-state index contributed by atoms with van der Waals surface area (Å²) in [4.78, 5) is 16.6. The van der Waals surface area contributed by atoms with Gasteiger partial charge in [-0.1, -0.05) is 36.4 Å². The number of carbonyl (C=O) groups is 1. The highest BCUT2D eigenvalue weighted by molar-refractivity contribution is 6.30. The topological polar surface area (TPSA) is 99.5 Å². The van der Waals surface area contributed by atoms with Gasteiger partial charge in [-0.2, -0.15) is 0 Å². The third-order valence-corrected chi connectivity index (χ3v) is 7.77. The van der Waals surface area contributed by atoms with Crippen molar-refractivity contribution in [3.63, 3.8) is 0 Å². The third-order valence-electron chi connectivity index (χ3n) is 7.77. The van der Waals surface area contributed by atoms with Crippen molar-refractivity contribution < 1.29 is 19.7 Å². The first-order valence-electron chi connectivity index (χ1n) is 11.2. The standard InChI is InChI=1S/C26H23N3O4/c1-25(26(32,13-30)10-11-33-25)29-18-9-5-3-7-15(18)19-16-12-27-24(31)21(16)20-14-6-2-4-8-17(14)28-22(20)23(19)29/h2-9,28,30,32H,10-13H2,1H3,(H,27,31)/t25-,26+/m1/s1. The van der Waals surface area contributed by atoms with E-state index >= 15 is 0 Å². The van der Waals surface area contributed by atoms with E-state index in [1.54, 1.807) is 0 Å². The number of aromatic nitrogens is 2. The molecule has 2 aliphatic rings. The largest absolute Gasteiger partial charge is 0.393 e. The highest BCUT2D eigenvalue weighted by Crippen LogP contribution is 2.49. The highest BCUT2D eigenvalue weighted by Gasteiger charge is 2.55. The zero-order chi connectivity index (χ0) is 22.5. The summed E-state index contributed by atoms with van der Waals surface area (Å²) in [7, 11) is 0. The Morgan fingerprint density at radius 3 is 2.67 bits per heavy atom. The van der Waals surface area contributed by atoms with Crippen LogP contribution in [0.1, 0.15) is 29.3 Å². The highest BCUT2D eigenvalue weighted by atomic mass is 16.5. The molecular formula is C26H23N3O4. The monoisotopic (exact) mass is 441 g/mol. The van der Waals surface area contributed by atoms with Crippen molar-refractivity contribution in [2.24, 2.45) is 0 Å². The lowest BCUT2D eigenvalue weighted by Crippen LogP contribution is -2.53. The summed E-state index contributed by atoms with van der Waals surface area (Å²) in [5.74, 6) is -0.0753. The van der Waals surface area contributed by atoms with Crippen molar-refractivity contribution in [3.05, 3.63) is 59.7 Å². The van der Waals surface area contributed by atoms with Crippen LogP contribution in [0.4, 0.5) is 0 Å². The Hall–Kier alpha value is -3.39. The van der Waals surface area contributed by atoms with Gasteiger partial charge in [0.25, 0.3) is 5.91 Å². The van der Waals surface area contributed by atoms with Crippen LogP contribution < -0.4 is 5.32 Å². The van der Waals surface area contributed by atoms with E-state index in [0.29, 0.717) is 25.1 Å². The number of para-hydroxylation sites is 2. The van der Waals surface area contributed by atoms with Gasteiger partial charge in [-0.25, -0.2) is 0 Å². The van der Waals surface area contributed by atoms with Gasteiger partial charge in [0.1, 0.15) is 5.60 Å². The molecule has 1 saturated heterocycles. The Kier molecular flexibility index (Phi) is 3.55. The number of amides is 1. The van der Waals surface area contributed by atoms with Gasteiger partial charge in [0.05, 0.1) is 35.3 Å². The Morgan fingerprint density at radius 1 is 1.09 bits per heavy atom. The zero-order valence-corrected chi connectivity index (χ0v) is 18.1. The quantitative estimate of drug-likeness (QED) is 0.337.